The van der Waals surface area contributed by atoms with Gasteiger partial charge in [0, 0.05) is 19.0 Å². The number of hydrogen-bond acceptors (Lipinski definition) is 1. The van der Waals surface area contributed by atoms with Crippen molar-refractivity contribution in [3.8, 4) is 0 Å². The number of benzene rings is 2. The zero-order chi connectivity index (χ0) is 14.9. The highest BCUT2D eigenvalue weighted by molar-refractivity contribution is 9.11. The Labute approximate surface area is 145 Å². The van der Waals surface area contributed by atoms with Crippen LogP contribution < -0.4 is 5.32 Å². The molecule has 0 saturated carbocycles. The van der Waals surface area contributed by atoms with Gasteiger partial charge in [0.2, 0.25) is 0 Å². The molecule has 0 aliphatic heterocycles. The van der Waals surface area contributed by atoms with E-state index < -0.39 is 0 Å². The molecule has 0 aliphatic rings. The van der Waals surface area contributed by atoms with Crippen LogP contribution in [-0.4, -0.2) is 7.05 Å². The van der Waals surface area contributed by atoms with Crippen LogP contribution >= 0.6 is 55.1 Å². The Morgan fingerprint density at radius 2 is 1.70 bits per heavy atom. The van der Waals surface area contributed by atoms with Crippen LogP contribution in [0.2, 0.25) is 10.0 Å². The molecule has 0 aliphatic carbocycles. The van der Waals surface area contributed by atoms with Crippen LogP contribution in [0.25, 0.3) is 0 Å². The van der Waals surface area contributed by atoms with Gasteiger partial charge in [0.15, 0.2) is 0 Å². The van der Waals surface area contributed by atoms with Crippen molar-refractivity contribution in [1.82, 2.24) is 5.32 Å². The highest BCUT2D eigenvalue weighted by Gasteiger charge is 2.19. The molecule has 0 heterocycles. The molecule has 1 N–H and O–H groups in total. The van der Waals surface area contributed by atoms with Crippen LogP contribution in [0.1, 0.15) is 22.7 Å². The molecule has 0 aromatic heterocycles. The minimum Gasteiger partial charge on any atom is -0.309 e. The van der Waals surface area contributed by atoms with Gasteiger partial charge in [0.1, 0.15) is 0 Å². The van der Waals surface area contributed by atoms with Crippen LogP contribution in [0.3, 0.4) is 0 Å². The summed E-state index contributed by atoms with van der Waals surface area (Å²) in [6.07, 6.45) is 0. The van der Waals surface area contributed by atoms with E-state index in [0.717, 1.165) is 20.1 Å². The first-order valence-corrected chi connectivity index (χ1v) is 8.36. The van der Waals surface area contributed by atoms with E-state index in [1.807, 2.05) is 19.2 Å². The van der Waals surface area contributed by atoms with Crippen molar-refractivity contribution < 1.29 is 0 Å². The summed E-state index contributed by atoms with van der Waals surface area (Å²) in [5, 5.41) is 4.66. The summed E-state index contributed by atoms with van der Waals surface area (Å²) in [5.41, 5.74) is 3.24. The second-order valence-corrected chi connectivity index (χ2v) is 7.06. The molecular formula is C15H13Br2Cl2N. The molecule has 0 fully saturated rings. The zero-order valence-electron chi connectivity index (χ0n) is 11.0. The van der Waals surface area contributed by atoms with Gasteiger partial charge in [-0.1, -0.05) is 55.1 Å². The molecule has 2 rings (SSSR count). The molecule has 2 aromatic rings. The van der Waals surface area contributed by atoms with Crippen LogP contribution in [0.5, 0.6) is 0 Å². The van der Waals surface area contributed by atoms with Crippen molar-refractivity contribution in [2.75, 3.05) is 7.05 Å². The quantitative estimate of drug-likeness (QED) is 0.608. The average Bonchev–Trinajstić information content (AvgIpc) is 2.40. The van der Waals surface area contributed by atoms with E-state index in [4.69, 9.17) is 23.2 Å². The van der Waals surface area contributed by atoms with Gasteiger partial charge in [-0.25, -0.2) is 0 Å². The maximum Gasteiger partial charge on any atom is 0.0601 e. The third-order valence-electron chi connectivity index (χ3n) is 3.15. The maximum atomic E-state index is 6.32. The molecule has 1 atom stereocenters. The predicted molar refractivity (Wildman–Crippen MR) is 93.9 cm³/mol. The number of hydrogen-bond donors (Lipinski definition) is 1. The molecule has 0 saturated heterocycles. The number of aryl methyl sites for hydroxylation is 1. The normalized spacial score (nSPS) is 12.5. The van der Waals surface area contributed by atoms with Crippen molar-refractivity contribution in [2.24, 2.45) is 0 Å². The number of halogens is 4. The van der Waals surface area contributed by atoms with Crippen molar-refractivity contribution in [3.05, 3.63) is 66.0 Å². The molecule has 1 nitrogen and oxygen atoms in total. The third kappa shape index (κ3) is 3.40. The van der Waals surface area contributed by atoms with Crippen LogP contribution in [0, 0.1) is 6.92 Å². The minimum absolute atomic E-state index is 0.0347. The van der Waals surface area contributed by atoms with Crippen LogP contribution in [0.15, 0.2) is 39.3 Å². The smallest absolute Gasteiger partial charge is 0.0601 e. The topological polar surface area (TPSA) is 12.0 Å². The van der Waals surface area contributed by atoms with E-state index in [9.17, 15) is 0 Å². The number of nitrogens with one attached hydrogen (secondary N) is 1. The first-order chi connectivity index (χ1) is 9.43. The zero-order valence-corrected chi connectivity index (χ0v) is 15.7. The Morgan fingerprint density at radius 3 is 2.35 bits per heavy atom. The van der Waals surface area contributed by atoms with E-state index in [1.54, 1.807) is 6.07 Å². The van der Waals surface area contributed by atoms with Gasteiger partial charge < -0.3 is 5.32 Å². The first kappa shape index (κ1) is 16.3. The molecule has 0 bridgehead atoms. The minimum atomic E-state index is -0.0347. The average molecular weight is 438 g/mol. The van der Waals surface area contributed by atoms with Crippen molar-refractivity contribution in [3.63, 3.8) is 0 Å². The predicted octanol–water partition coefficient (Wildman–Crippen LogP) is 6.14. The lowest BCUT2D eigenvalue weighted by Crippen LogP contribution is -2.18. The van der Waals surface area contributed by atoms with Crippen molar-refractivity contribution >= 4 is 55.1 Å². The summed E-state index contributed by atoms with van der Waals surface area (Å²) in [6, 6.07) is 9.65. The second kappa shape index (κ2) is 6.80. The van der Waals surface area contributed by atoms with Crippen LogP contribution in [0.4, 0.5) is 0 Å². The van der Waals surface area contributed by atoms with Crippen molar-refractivity contribution in [2.45, 2.75) is 13.0 Å². The summed E-state index contributed by atoms with van der Waals surface area (Å²) in [4.78, 5) is 0. The monoisotopic (exact) mass is 435 g/mol. The molecule has 0 amide bonds. The maximum absolute atomic E-state index is 6.32. The molecular weight excluding hydrogens is 425 g/mol. The summed E-state index contributed by atoms with van der Waals surface area (Å²) in [6.45, 7) is 2.05. The molecule has 0 spiro atoms. The SMILES string of the molecule is CNC(c1cc(Cl)ccc1Cl)c1cc(Br)c(C)cc1Br. The highest BCUT2D eigenvalue weighted by atomic mass is 79.9. The molecule has 0 radical (unpaired) electrons. The second-order valence-electron chi connectivity index (χ2n) is 4.51. The molecule has 5 heteroatoms. The van der Waals surface area contributed by atoms with E-state index in [-0.39, 0.29) is 6.04 Å². The van der Waals surface area contributed by atoms with Crippen LogP contribution in [-0.2, 0) is 0 Å². The Kier molecular flexibility index (Phi) is 5.55. The third-order valence-corrected chi connectivity index (χ3v) is 5.27. The lowest BCUT2D eigenvalue weighted by molar-refractivity contribution is 0.688. The van der Waals surface area contributed by atoms with Gasteiger partial charge in [-0.3, -0.25) is 0 Å². The Bertz CT molecular complexity index is 644. The lowest BCUT2D eigenvalue weighted by atomic mass is 9.98. The van der Waals surface area contributed by atoms with Gasteiger partial charge in [0.25, 0.3) is 0 Å². The van der Waals surface area contributed by atoms with Gasteiger partial charge in [0.05, 0.1) is 6.04 Å². The van der Waals surface area contributed by atoms with E-state index in [0.29, 0.717) is 10.0 Å². The van der Waals surface area contributed by atoms with Gasteiger partial charge in [-0.05, 0) is 61.0 Å². The van der Waals surface area contributed by atoms with E-state index in [1.165, 1.54) is 5.56 Å². The molecule has 106 valence electrons. The first-order valence-electron chi connectivity index (χ1n) is 6.01. The molecule has 1 unspecified atom stereocenters. The van der Waals surface area contributed by atoms with Gasteiger partial charge >= 0.3 is 0 Å². The summed E-state index contributed by atoms with van der Waals surface area (Å²) in [5.74, 6) is 0. The van der Waals surface area contributed by atoms with Gasteiger partial charge in [-0.2, -0.15) is 0 Å². The fraction of sp³-hybridized carbons (Fsp3) is 0.200. The van der Waals surface area contributed by atoms with E-state index in [2.05, 4.69) is 56.2 Å². The summed E-state index contributed by atoms with van der Waals surface area (Å²) in [7, 11) is 1.90. The Morgan fingerprint density at radius 1 is 1.00 bits per heavy atom. The van der Waals surface area contributed by atoms with Gasteiger partial charge in [-0.15, -0.1) is 0 Å². The molecule has 2 aromatic carbocycles. The van der Waals surface area contributed by atoms with E-state index >= 15 is 0 Å². The summed E-state index contributed by atoms with van der Waals surface area (Å²) >= 11 is 19.6. The fourth-order valence-corrected chi connectivity index (χ4v) is 3.55. The highest BCUT2D eigenvalue weighted by Crippen LogP contribution is 2.36. The Hall–Kier alpha value is -0.0600. The van der Waals surface area contributed by atoms with Crippen molar-refractivity contribution in [1.29, 1.82) is 0 Å². The Balaban J connectivity index is 2.58. The largest absolute Gasteiger partial charge is 0.309 e. The number of rotatable bonds is 3. The lowest BCUT2D eigenvalue weighted by Gasteiger charge is -2.21. The standard InChI is InChI=1S/C15H13Br2Cl2N/c1-8-5-13(17)10(7-12(8)16)15(20-2)11-6-9(18)3-4-14(11)19/h3-7,15,20H,1-2H3. The fourth-order valence-electron chi connectivity index (χ4n) is 2.10. The molecule has 20 heavy (non-hydrogen) atoms. The summed E-state index contributed by atoms with van der Waals surface area (Å²) < 4.78 is 2.10.